The number of aryl methyl sites for hydroxylation is 1. The minimum Gasteiger partial charge on any atom is -0.326 e. The first kappa shape index (κ1) is 13.5. The van der Waals surface area contributed by atoms with Gasteiger partial charge in [-0.25, -0.2) is 9.97 Å². The molecule has 0 bridgehead atoms. The molecule has 0 fully saturated rings. The molecule has 0 aliphatic carbocycles. The van der Waals surface area contributed by atoms with Crippen LogP contribution in [0, 0.1) is 6.92 Å². The smallest absolute Gasteiger partial charge is 0.188 e. The second-order valence-electron chi connectivity index (χ2n) is 4.21. The van der Waals surface area contributed by atoms with Crippen LogP contribution in [-0.2, 0) is 0 Å². The maximum Gasteiger partial charge on any atom is 0.188 e. The molecule has 5 heteroatoms. The van der Waals surface area contributed by atoms with Gasteiger partial charge in [0.15, 0.2) is 5.16 Å². The van der Waals surface area contributed by atoms with Gasteiger partial charge in [0.1, 0.15) is 0 Å². The van der Waals surface area contributed by atoms with E-state index in [0.717, 1.165) is 17.1 Å². The zero-order chi connectivity index (χ0) is 13.0. The van der Waals surface area contributed by atoms with Gasteiger partial charge in [-0.15, -0.1) is 0 Å². The van der Waals surface area contributed by atoms with Gasteiger partial charge in [-0.2, -0.15) is 11.3 Å². The summed E-state index contributed by atoms with van der Waals surface area (Å²) in [7, 11) is 0. The first-order chi connectivity index (χ1) is 8.70. The van der Waals surface area contributed by atoms with Gasteiger partial charge in [-0.3, -0.25) is 0 Å². The molecule has 2 rings (SSSR count). The Labute approximate surface area is 116 Å². The molecule has 0 aliphatic heterocycles. The average Bonchev–Trinajstić information content (AvgIpc) is 2.91. The summed E-state index contributed by atoms with van der Waals surface area (Å²) < 4.78 is 0. The highest BCUT2D eigenvalue weighted by Gasteiger charge is 2.21. The Morgan fingerprint density at radius 2 is 2.11 bits per heavy atom. The minimum atomic E-state index is 0.120. The number of nitrogens with two attached hydrogens (primary N) is 1. The molecule has 2 N–H and O–H groups in total. The fourth-order valence-electron chi connectivity index (χ4n) is 1.61. The van der Waals surface area contributed by atoms with Crippen LogP contribution in [0.3, 0.4) is 0 Å². The first-order valence-electron chi connectivity index (χ1n) is 5.93. The summed E-state index contributed by atoms with van der Waals surface area (Å²) in [6, 6.07) is 2.25. The number of nitrogens with zero attached hydrogens (tertiary/aromatic N) is 2. The van der Waals surface area contributed by atoms with Crippen LogP contribution in [0.2, 0.25) is 0 Å². The fraction of sp³-hybridized carbons (Fsp3) is 0.385. The van der Waals surface area contributed by atoms with Crippen LogP contribution in [0.25, 0.3) is 0 Å². The third kappa shape index (κ3) is 3.31. The number of rotatable bonds is 5. The quantitative estimate of drug-likeness (QED) is 0.673. The van der Waals surface area contributed by atoms with Gasteiger partial charge in [0.25, 0.3) is 0 Å². The average molecular weight is 279 g/mol. The van der Waals surface area contributed by atoms with Crippen molar-refractivity contribution in [2.75, 3.05) is 0 Å². The predicted molar refractivity (Wildman–Crippen MR) is 78.0 cm³/mol. The lowest BCUT2D eigenvalue weighted by atomic mass is 10.1. The Bertz CT molecular complexity index is 467. The molecule has 2 heterocycles. The van der Waals surface area contributed by atoms with Gasteiger partial charge in [0.05, 0.1) is 5.25 Å². The molecule has 96 valence electrons. The van der Waals surface area contributed by atoms with Gasteiger partial charge in [0.2, 0.25) is 0 Å². The van der Waals surface area contributed by atoms with E-state index in [0.29, 0.717) is 0 Å². The number of thiophene rings is 1. The van der Waals surface area contributed by atoms with Crippen molar-refractivity contribution in [1.29, 1.82) is 0 Å². The van der Waals surface area contributed by atoms with Crippen LogP contribution >= 0.6 is 23.1 Å². The maximum absolute atomic E-state index is 6.21. The van der Waals surface area contributed by atoms with Crippen LogP contribution in [0.15, 0.2) is 34.4 Å². The molecule has 0 aliphatic rings. The minimum absolute atomic E-state index is 0.120. The van der Waals surface area contributed by atoms with Gasteiger partial charge < -0.3 is 5.73 Å². The summed E-state index contributed by atoms with van der Waals surface area (Å²) in [6.07, 6.45) is 4.63. The van der Waals surface area contributed by atoms with Crippen LogP contribution in [0.5, 0.6) is 0 Å². The van der Waals surface area contributed by atoms with Crippen LogP contribution in [-0.4, -0.2) is 16.0 Å². The van der Waals surface area contributed by atoms with E-state index in [1.165, 1.54) is 5.56 Å². The highest BCUT2D eigenvalue weighted by Crippen LogP contribution is 2.37. The zero-order valence-electron chi connectivity index (χ0n) is 10.5. The summed E-state index contributed by atoms with van der Waals surface area (Å²) in [4.78, 5) is 8.69. The molecule has 2 aromatic rings. The van der Waals surface area contributed by atoms with E-state index in [1.54, 1.807) is 23.1 Å². The molecule has 0 saturated carbocycles. The summed E-state index contributed by atoms with van der Waals surface area (Å²) in [5, 5.41) is 5.26. The maximum atomic E-state index is 6.21. The van der Waals surface area contributed by atoms with E-state index in [1.807, 2.05) is 19.3 Å². The summed E-state index contributed by atoms with van der Waals surface area (Å²) in [5.41, 5.74) is 8.56. The molecule has 0 aromatic carbocycles. The molecule has 3 nitrogen and oxygen atoms in total. The lowest BCUT2D eigenvalue weighted by Crippen LogP contribution is -2.25. The topological polar surface area (TPSA) is 51.8 Å². The van der Waals surface area contributed by atoms with Gasteiger partial charge >= 0.3 is 0 Å². The third-order valence-corrected chi connectivity index (χ3v) is 4.72. The molecular formula is C13H17N3S2. The molecule has 0 amide bonds. The molecule has 2 aromatic heterocycles. The first-order valence-corrected chi connectivity index (χ1v) is 7.76. The van der Waals surface area contributed by atoms with Crippen molar-refractivity contribution < 1.29 is 0 Å². The molecule has 0 spiro atoms. The molecule has 0 radical (unpaired) electrons. The fourth-order valence-corrected chi connectivity index (χ4v) is 3.50. The molecule has 2 unspecified atom stereocenters. The monoisotopic (exact) mass is 279 g/mol. The second-order valence-corrected chi connectivity index (χ2v) is 6.10. The highest BCUT2D eigenvalue weighted by atomic mass is 32.2. The van der Waals surface area contributed by atoms with Crippen molar-refractivity contribution in [1.82, 2.24) is 9.97 Å². The van der Waals surface area contributed by atoms with Crippen molar-refractivity contribution in [3.05, 3.63) is 40.3 Å². The Kier molecular flexibility index (Phi) is 4.74. The van der Waals surface area contributed by atoms with Crippen LogP contribution in [0.4, 0.5) is 0 Å². The van der Waals surface area contributed by atoms with E-state index in [2.05, 4.69) is 33.7 Å². The van der Waals surface area contributed by atoms with Gasteiger partial charge in [-0.1, -0.05) is 18.7 Å². The molecule has 2 atom stereocenters. The van der Waals surface area contributed by atoms with Crippen molar-refractivity contribution in [3.8, 4) is 0 Å². The highest BCUT2D eigenvalue weighted by molar-refractivity contribution is 7.99. The standard InChI is InChI=1S/C13H17N3S2/c1-3-11(14)12(10-4-5-17-8-10)18-13-15-6-9(2)7-16-13/h4-8,11-12H,3,14H2,1-2H3. The van der Waals surface area contributed by atoms with Crippen molar-refractivity contribution in [3.63, 3.8) is 0 Å². The number of aromatic nitrogens is 2. The van der Waals surface area contributed by atoms with E-state index in [-0.39, 0.29) is 11.3 Å². The number of hydrogen-bond acceptors (Lipinski definition) is 5. The van der Waals surface area contributed by atoms with E-state index in [4.69, 9.17) is 5.73 Å². The Balaban J connectivity index is 2.17. The van der Waals surface area contributed by atoms with Crippen molar-refractivity contribution in [2.45, 2.75) is 36.7 Å². The van der Waals surface area contributed by atoms with Crippen molar-refractivity contribution >= 4 is 23.1 Å². The van der Waals surface area contributed by atoms with E-state index < -0.39 is 0 Å². The lowest BCUT2D eigenvalue weighted by molar-refractivity contribution is 0.633. The molecular weight excluding hydrogens is 262 g/mol. The normalized spacial score (nSPS) is 14.4. The van der Waals surface area contributed by atoms with Crippen molar-refractivity contribution in [2.24, 2.45) is 5.73 Å². The number of thioether (sulfide) groups is 1. The van der Waals surface area contributed by atoms with E-state index in [9.17, 15) is 0 Å². The summed E-state index contributed by atoms with van der Waals surface area (Å²) >= 11 is 3.35. The summed E-state index contributed by atoms with van der Waals surface area (Å²) in [5.74, 6) is 0. The second kappa shape index (κ2) is 6.31. The molecule has 0 saturated heterocycles. The SMILES string of the molecule is CCC(N)C(Sc1ncc(C)cn1)c1ccsc1. The lowest BCUT2D eigenvalue weighted by Gasteiger charge is -2.20. The summed E-state index contributed by atoms with van der Waals surface area (Å²) in [6.45, 7) is 4.10. The third-order valence-electron chi connectivity index (χ3n) is 2.72. The van der Waals surface area contributed by atoms with Gasteiger partial charge in [0, 0.05) is 18.4 Å². The largest absolute Gasteiger partial charge is 0.326 e. The van der Waals surface area contributed by atoms with Crippen LogP contribution in [0.1, 0.15) is 29.7 Å². The zero-order valence-corrected chi connectivity index (χ0v) is 12.2. The van der Waals surface area contributed by atoms with Gasteiger partial charge in [-0.05, 0) is 41.3 Å². The van der Waals surface area contributed by atoms with Crippen LogP contribution < -0.4 is 5.73 Å². The Morgan fingerprint density at radius 1 is 1.39 bits per heavy atom. The van der Waals surface area contributed by atoms with E-state index >= 15 is 0 Å². The predicted octanol–water partition coefficient (Wildman–Crippen LogP) is 3.42. The molecule has 18 heavy (non-hydrogen) atoms. The number of hydrogen-bond donors (Lipinski definition) is 1. The Morgan fingerprint density at radius 3 is 2.67 bits per heavy atom. The Hall–Kier alpha value is -0.910.